The van der Waals surface area contributed by atoms with Crippen molar-refractivity contribution in [1.82, 2.24) is 9.88 Å². The number of hydrogen-bond acceptors (Lipinski definition) is 3. The van der Waals surface area contributed by atoms with Crippen molar-refractivity contribution in [3.63, 3.8) is 0 Å². The second kappa shape index (κ2) is 7.19. The Morgan fingerprint density at radius 3 is 2.74 bits per heavy atom. The number of nitrogens with one attached hydrogen (secondary N) is 1. The topological polar surface area (TPSA) is 60.3 Å². The minimum atomic E-state index is -0.684. The third-order valence-electron chi connectivity index (χ3n) is 2.55. The van der Waals surface area contributed by atoms with Gasteiger partial charge in [0.05, 0.1) is 11.6 Å². The van der Waals surface area contributed by atoms with Crippen molar-refractivity contribution in [3.05, 3.63) is 23.0 Å². The summed E-state index contributed by atoms with van der Waals surface area (Å²) in [4.78, 5) is 23.5. The van der Waals surface area contributed by atoms with Gasteiger partial charge in [-0.05, 0) is 26.3 Å². The van der Waals surface area contributed by atoms with E-state index in [9.17, 15) is 9.59 Å². The molecule has 0 saturated heterocycles. The van der Waals surface area contributed by atoms with E-state index in [4.69, 9.17) is 16.3 Å². The Morgan fingerprint density at radius 1 is 1.47 bits per heavy atom. The van der Waals surface area contributed by atoms with E-state index in [0.29, 0.717) is 17.3 Å². The van der Waals surface area contributed by atoms with Gasteiger partial charge in [0.1, 0.15) is 11.7 Å². The Balaban J connectivity index is 2.75. The van der Waals surface area contributed by atoms with Gasteiger partial charge in [0.15, 0.2) is 0 Å². The molecule has 0 bridgehead atoms. The molecule has 106 valence electrons. The second-order valence-electron chi connectivity index (χ2n) is 4.18. The van der Waals surface area contributed by atoms with Crippen LogP contribution in [0.5, 0.6) is 0 Å². The molecule has 0 aliphatic carbocycles. The highest BCUT2D eigenvalue weighted by Gasteiger charge is 2.20. The van der Waals surface area contributed by atoms with E-state index in [-0.39, 0.29) is 12.5 Å². The molecule has 1 unspecified atom stereocenters. The Hall–Kier alpha value is -1.49. The van der Waals surface area contributed by atoms with Crippen LogP contribution in [0.4, 0.5) is 0 Å². The summed E-state index contributed by atoms with van der Waals surface area (Å²) < 4.78 is 6.61. The monoisotopic (exact) mass is 286 g/mol. The lowest BCUT2D eigenvalue weighted by atomic mass is 10.3. The van der Waals surface area contributed by atoms with E-state index in [1.54, 1.807) is 30.7 Å². The van der Waals surface area contributed by atoms with E-state index in [1.807, 2.05) is 6.92 Å². The molecule has 6 heteroatoms. The van der Waals surface area contributed by atoms with Crippen molar-refractivity contribution in [3.8, 4) is 0 Å². The standard InChI is InChI=1S/C13H19ClN2O3/c1-4-6-16-8-10(14)7-11(16)12(17)15-9(3)13(18)19-5-2/h7-9H,4-6H2,1-3H3,(H,15,17). The van der Waals surface area contributed by atoms with Gasteiger partial charge >= 0.3 is 5.97 Å². The lowest BCUT2D eigenvalue weighted by molar-refractivity contribution is -0.144. The zero-order valence-electron chi connectivity index (χ0n) is 11.4. The molecule has 0 aliphatic heterocycles. The molecule has 0 fully saturated rings. The average Bonchev–Trinajstić information content (AvgIpc) is 2.71. The highest BCUT2D eigenvalue weighted by molar-refractivity contribution is 6.31. The predicted octanol–water partition coefficient (Wildman–Crippen LogP) is 2.23. The average molecular weight is 287 g/mol. The first-order valence-electron chi connectivity index (χ1n) is 6.32. The number of nitrogens with zero attached hydrogens (tertiary/aromatic N) is 1. The summed E-state index contributed by atoms with van der Waals surface area (Å²) in [5.41, 5.74) is 0.447. The molecule has 1 amide bonds. The Morgan fingerprint density at radius 2 is 2.16 bits per heavy atom. The van der Waals surface area contributed by atoms with Crippen LogP contribution in [-0.4, -0.2) is 29.1 Å². The van der Waals surface area contributed by atoms with Crippen LogP contribution < -0.4 is 5.32 Å². The number of carbonyl (C=O) groups is 2. The summed E-state index contributed by atoms with van der Waals surface area (Å²) in [5, 5.41) is 3.10. The Bertz CT molecular complexity index is 457. The van der Waals surface area contributed by atoms with Crippen molar-refractivity contribution in [2.45, 2.75) is 39.8 Å². The summed E-state index contributed by atoms with van der Waals surface area (Å²) in [6.45, 7) is 6.31. The quantitative estimate of drug-likeness (QED) is 0.816. The van der Waals surface area contributed by atoms with Crippen LogP contribution in [0.2, 0.25) is 5.02 Å². The molecule has 19 heavy (non-hydrogen) atoms. The van der Waals surface area contributed by atoms with E-state index in [2.05, 4.69) is 5.32 Å². The smallest absolute Gasteiger partial charge is 0.328 e. The summed E-state index contributed by atoms with van der Waals surface area (Å²) in [6, 6.07) is 0.904. The molecule has 0 saturated carbocycles. The third-order valence-corrected chi connectivity index (χ3v) is 2.75. The van der Waals surface area contributed by atoms with Crippen molar-refractivity contribution in [2.75, 3.05) is 6.61 Å². The SMILES string of the molecule is CCCn1cc(Cl)cc1C(=O)NC(C)C(=O)OCC. The van der Waals surface area contributed by atoms with E-state index >= 15 is 0 Å². The van der Waals surface area contributed by atoms with Crippen LogP contribution in [0.1, 0.15) is 37.7 Å². The van der Waals surface area contributed by atoms with Crippen molar-refractivity contribution >= 4 is 23.5 Å². The molecule has 1 atom stereocenters. The fourth-order valence-corrected chi connectivity index (χ4v) is 1.91. The summed E-state index contributed by atoms with van der Waals surface area (Å²) >= 11 is 5.90. The summed E-state index contributed by atoms with van der Waals surface area (Å²) in [5.74, 6) is -0.781. The van der Waals surface area contributed by atoms with Gasteiger partial charge in [0.25, 0.3) is 5.91 Å². The minimum absolute atomic E-state index is 0.289. The van der Waals surface area contributed by atoms with Gasteiger partial charge in [-0.15, -0.1) is 0 Å². The zero-order chi connectivity index (χ0) is 14.4. The molecule has 5 nitrogen and oxygen atoms in total. The van der Waals surface area contributed by atoms with Gasteiger partial charge in [0.2, 0.25) is 0 Å². The molecule has 1 aromatic heterocycles. The van der Waals surface area contributed by atoms with E-state index < -0.39 is 12.0 Å². The first-order valence-corrected chi connectivity index (χ1v) is 6.70. The van der Waals surface area contributed by atoms with Gasteiger partial charge in [-0.25, -0.2) is 4.79 Å². The molecule has 1 N–H and O–H groups in total. The van der Waals surface area contributed by atoms with Gasteiger partial charge in [-0.2, -0.15) is 0 Å². The normalized spacial score (nSPS) is 12.0. The molecule has 1 aromatic rings. The highest BCUT2D eigenvalue weighted by Crippen LogP contribution is 2.15. The van der Waals surface area contributed by atoms with Crippen LogP contribution >= 0.6 is 11.6 Å². The van der Waals surface area contributed by atoms with Crippen molar-refractivity contribution in [2.24, 2.45) is 0 Å². The molecule has 0 aliphatic rings. The van der Waals surface area contributed by atoms with E-state index in [0.717, 1.165) is 6.42 Å². The molecular weight excluding hydrogens is 268 g/mol. The maximum atomic E-state index is 12.1. The van der Waals surface area contributed by atoms with Gasteiger partial charge in [0, 0.05) is 12.7 Å². The number of carbonyl (C=O) groups excluding carboxylic acids is 2. The lowest BCUT2D eigenvalue weighted by Gasteiger charge is -2.13. The third kappa shape index (κ3) is 4.28. The largest absolute Gasteiger partial charge is 0.464 e. The number of aryl methyl sites for hydroxylation is 1. The lowest BCUT2D eigenvalue weighted by Crippen LogP contribution is -2.40. The number of rotatable bonds is 6. The number of halogens is 1. The van der Waals surface area contributed by atoms with Crippen LogP contribution in [0, 0.1) is 0 Å². The fourth-order valence-electron chi connectivity index (χ4n) is 1.69. The molecule has 1 rings (SSSR count). The van der Waals surface area contributed by atoms with Crippen LogP contribution in [0.15, 0.2) is 12.3 Å². The van der Waals surface area contributed by atoms with Gasteiger partial charge in [-0.1, -0.05) is 18.5 Å². The maximum absolute atomic E-state index is 12.1. The zero-order valence-corrected chi connectivity index (χ0v) is 12.2. The number of esters is 1. The highest BCUT2D eigenvalue weighted by atomic mass is 35.5. The first kappa shape index (κ1) is 15.6. The summed E-state index contributed by atoms with van der Waals surface area (Å²) in [7, 11) is 0. The second-order valence-corrected chi connectivity index (χ2v) is 4.62. The molecule has 0 spiro atoms. The van der Waals surface area contributed by atoms with Crippen LogP contribution in [0.3, 0.4) is 0 Å². The predicted molar refractivity (Wildman–Crippen MR) is 73.3 cm³/mol. The van der Waals surface area contributed by atoms with Crippen molar-refractivity contribution in [1.29, 1.82) is 0 Å². The Labute approximate surface area is 117 Å². The van der Waals surface area contributed by atoms with Gasteiger partial charge < -0.3 is 14.6 Å². The van der Waals surface area contributed by atoms with Crippen LogP contribution in [0.25, 0.3) is 0 Å². The number of ether oxygens (including phenoxy) is 1. The van der Waals surface area contributed by atoms with Crippen molar-refractivity contribution < 1.29 is 14.3 Å². The Kier molecular flexibility index (Phi) is 5.89. The molecule has 1 heterocycles. The summed E-state index contributed by atoms with van der Waals surface area (Å²) in [6.07, 6.45) is 2.59. The maximum Gasteiger partial charge on any atom is 0.328 e. The van der Waals surface area contributed by atoms with Crippen LogP contribution in [-0.2, 0) is 16.1 Å². The first-order chi connectivity index (χ1) is 8.99. The van der Waals surface area contributed by atoms with Gasteiger partial charge in [-0.3, -0.25) is 4.79 Å². The molecule has 0 radical (unpaired) electrons. The number of hydrogen-bond donors (Lipinski definition) is 1. The minimum Gasteiger partial charge on any atom is -0.464 e. The number of aromatic nitrogens is 1. The van der Waals surface area contributed by atoms with E-state index in [1.165, 1.54) is 0 Å². The number of amides is 1. The molecular formula is C13H19ClN2O3. The fraction of sp³-hybridized carbons (Fsp3) is 0.538. The molecule has 0 aromatic carbocycles.